The van der Waals surface area contributed by atoms with Crippen molar-refractivity contribution in [1.82, 2.24) is 0 Å². The van der Waals surface area contributed by atoms with E-state index in [0.717, 1.165) is 0 Å². The van der Waals surface area contributed by atoms with E-state index in [9.17, 15) is 30.0 Å². The largest absolute Gasteiger partial charge is 0.547 e. The van der Waals surface area contributed by atoms with Gasteiger partial charge in [-0.2, -0.15) is 0 Å². The molecule has 1 aromatic carbocycles. The first-order valence-corrected chi connectivity index (χ1v) is 9.27. The molecule has 1 aromatic rings. The first-order chi connectivity index (χ1) is 13.8. The van der Waals surface area contributed by atoms with Crippen LogP contribution < -0.4 is 10.8 Å². The molecule has 1 aliphatic rings. The maximum Gasteiger partial charge on any atom is 0.342 e. The number of carboxylic acids is 1. The lowest BCUT2D eigenvalue weighted by molar-refractivity contribution is -0.910. The SMILES string of the molecule is CC(O[C@H]1[C@H](O)[C@@H](COC(=O)c2cc(N)ccc2O)O[C@H](O)[C@@H]1[N+](C)(C)C)C(=O)[O-]. The van der Waals surface area contributed by atoms with Gasteiger partial charge in [-0.25, -0.2) is 4.79 Å². The Bertz CT molecular complexity index is 780. The van der Waals surface area contributed by atoms with E-state index in [1.807, 2.05) is 0 Å². The minimum absolute atomic E-state index is 0.0896. The number of phenols is 1. The Morgan fingerprint density at radius 3 is 2.50 bits per heavy atom. The van der Waals surface area contributed by atoms with Crippen LogP contribution in [-0.2, 0) is 19.0 Å². The number of carboxylic acid groups (broad SMARTS) is 1. The number of hydrogen-bond acceptors (Lipinski definition) is 10. The van der Waals surface area contributed by atoms with Gasteiger partial charge in [-0.3, -0.25) is 0 Å². The molecule has 1 fully saturated rings. The predicted molar refractivity (Wildman–Crippen MR) is 101 cm³/mol. The van der Waals surface area contributed by atoms with Gasteiger partial charge in [0.1, 0.15) is 36.2 Å². The van der Waals surface area contributed by atoms with Crippen LogP contribution in [0.1, 0.15) is 17.3 Å². The number of carbonyl (C=O) groups excluding carboxylic acids is 2. The van der Waals surface area contributed by atoms with E-state index < -0.39 is 55.3 Å². The lowest BCUT2D eigenvalue weighted by Gasteiger charge is -2.48. The summed E-state index contributed by atoms with van der Waals surface area (Å²) in [6.45, 7) is 0.753. The molecule has 30 heavy (non-hydrogen) atoms. The number of aliphatic hydroxyl groups is 2. The first kappa shape index (κ1) is 23.8. The first-order valence-electron chi connectivity index (χ1n) is 9.27. The number of aliphatic carboxylic acids is 1. The van der Waals surface area contributed by atoms with Gasteiger partial charge < -0.3 is 49.6 Å². The molecule has 11 nitrogen and oxygen atoms in total. The lowest BCUT2D eigenvalue weighted by Crippen LogP contribution is -2.69. The quantitative estimate of drug-likeness (QED) is 0.162. The maximum absolute atomic E-state index is 12.3. The molecule has 2 rings (SSSR count). The second-order valence-corrected chi connectivity index (χ2v) is 8.10. The van der Waals surface area contributed by atoms with Gasteiger partial charge in [-0.15, -0.1) is 0 Å². The molecular weight excluding hydrogens is 400 g/mol. The summed E-state index contributed by atoms with van der Waals surface area (Å²) in [4.78, 5) is 23.4. The number of nitrogens with zero attached hydrogens (tertiary/aromatic N) is 1. The van der Waals surface area contributed by atoms with Crippen molar-refractivity contribution >= 4 is 17.6 Å². The Hall–Kier alpha value is -2.44. The molecule has 0 radical (unpaired) electrons. The van der Waals surface area contributed by atoms with Gasteiger partial charge in [-0.05, 0) is 25.1 Å². The summed E-state index contributed by atoms with van der Waals surface area (Å²) in [5, 5.41) is 42.1. The number of nitrogens with two attached hydrogens (primary N) is 1. The van der Waals surface area contributed by atoms with E-state index in [2.05, 4.69) is 0 Å². The molecule has 1 unspecified atom stereocenters. The van der Waals surface area contributed by atoms with E-state index >= 15 is 0 Å². The molecule has 1 aliphatic heterocycles. The second-order valence-electron chi connectivity index (χ2n) is 8.10. The van der Waals surface area contributed by atoms with Crippen molar-refractivity contribution in [2.75, 3.05) is 33.5 Å². The Kier molecular flexibility index (Phi) is 7.27. The molecular formula is C19H28N2O9. The van der Waals surface area contributed by atoms with Crippen molar-refractivity contribution in [3.8, 4) is 5.75 Å². The topological polar surface area (TPSA) is 172 Å². The van der Waals surface area contributed by atoms with E-state index in [1.165, 1.54) is 25.1 Å². The van der Waals surface area contributed by atoms with Gasteiger partial charge >= 0.3 is 5.97 Å². The third-order valence-corrected chi connectivity index (χ3v) is 4.87. The summed E-state index contributed by atoms with van der Waals surface area (Å²) in [5.41, 5.74) is 5.66. The van der Waals surface area contributed by atoms with Gasteiger partial charge in [0.05, 0.1) is 33.2 Å². The standard InChI is InChI=1S/C19H28N2O9/c1-9(17(24)25)29-16-14(21(2,3)4)19(27)30-13(15(16)23)8-28-18(26)11-7-10(20)5-6-12(11)22/h5-7,9,13-16,19,23,27H,8,20H2,1-4H3,(H-,22,24,25,26)/t9?,13-,14-,15-,16-,19+/m1/s1. The second kappa shape index (κ2) is 9.14. The zero-order valence-corrected chi connectivity index (χ0v) is 17.2. The van der Waals surface area contributed by atoms with Crippen LogP contribution in [0.2, 0.25) is 0 Å². The van der Waals surface area contributed by atoms with Gasteiger partial charge in [0.2, 0.25) is 6.29 Å². The van der Waals surface area contributed by atoms with Crippen LogP contribution in [0.25, 0.3) is 0 Å². The molecule has 168 valence electrons. The third kappa shape index (κ3) is 5.37. The number of quaternary nitrogens is 1. The summed E-state index contributed by atoms with van der Waals surface area (Å²) in [5.74, 6) is -2.74. The van der Waals surface area contributed by atoms with Crippen molar-refractivity contribution in [3.63, 3.8) is 0 Å². The number of nitrogen functional groups attached to an aromatic ring is 1. The van der Waals surface area contributed by atoms with Crippen molar-refractivity contribution in [3.05, 3.63) is 23.8 Å². The number of ether oxygens (including phenoxy) is 3. The Morgan fingerprint density at radius 2 is 1.93 bits per heavy atom. The lowest BCUT2D eigenvalue weighted by atomic mass is 9.94. The summed E-state index contributed by atoms with van der Waals surface area (Å²) < 4.78 is 16.1. The summed E-state index contributed by atoms with van der Waals surface area (Å²) >= 11 is 0. The number of likely N-dealkylation sites (N-methyl/N-ethyl adjacent to an activating group) is 1. The highest BCUT2D eigenvalue weighted by molar-refractivity contribution is 5.93. The number of phenolic OH excluding ortho intramolecular Hbond substituents is 1. The average molecular weight is 428 g/mol. The third-order valence-electron chi connectivity index (χ3n) is 4.87. The van der Waals surface area contributed by atoms with Gasteiger partial charge in [0.15, 0.2) is 6.04 Å². The highest BCUT2D eigenvalue weighted by Gasteiger charge is 2.52. The van der Waals surface area contributed by atoms with Gasteiger partial charge in [0.25, 0.3) is 0 Å². The minimum Gasteiger partial charge on any atom is -0.547 e. The molecule has 0 saturated carbocycles. The number of benzene rings is 1. The van der Waals surface area contributed by atoms with Crippen LogP contribution in [0.15, 0.2) is 18.2 Å². The smallest absolute Gasteiger partial charge is 0.342 e. The van der Waals surface area contributed by atoms with E-state index in [4.69, 9.17) is 19.9 Å². The van der Waals surface area contributed by atoms with E-state index in [-0.39, 0.29) is 21.5 Å². The van der Waals surface area contributed by atoms with Gasteiger partial charge in [0, 0.05) is 5.69 Å². The summed E-state index contributed by atoms with van der Waals surface area (Å²) in [6.07, 6.45) is -6.62. The van der Waals surface area contributed by atoms with Gasteiger partial charge in [-0.1, -0.05) is 0 Å². The molecule has 1 saturated heterocycles. The zero-order chi connectivity index (χ0) is 22.8. The number of aromatic hydroxyl groups is 1. The van der Waals surface area contributed by atoms with Crippen molar-refractivity contribution in [2.24, 2.45) is 0 Å². The average Bonchev–Trinajstić information content (AvgIpc) is 2.63. The van der Waals surface area contributed by atoms with Crippen molar-refractivity contribution in [1.29, 1.82) is 0 Å². The fourth-order valence-electron chi connectivity index (χ4n) is 3.28. The van der Waals surface area contributed by atoms with Crippen LogP contribution in [0.4, 0.5) is 5.69 Å². The molecule has 0 aromatic heterocycles. The normalized spacial score (nSPS) is 28.0. The zero-order valence-electron chi connectivity index (χ0n) is 17.2. The number of anilines is 1. The Balaban J connectivity index is 2.18. The number of hydrogen-bond donors (Lipinski definition) is 4. The fourth-order valence-corrected chi connectivity index (χ4v) is 3.28. The fraction of sp³-hybridized carbons (Fsp3) is 0.579. The minimum atomic E-state index is -1.48. The van der Waals surface area contributed by atoms with E-state index in [1.54, 1.807) is 21.1 Å². The molecule has 6 atom stereocenters. The van der Waals surface area contributed by atoms with Crippen LogP contribution in [0, 0.1) is 0 Å². The molecule has 5 N–H and O–H groups in total. The monoisotopic (exact) mass is 428 g/mol. The molecule has 0 amide bonds. The summed E-state index contributed by atoms with van der Waals surface area (Å²) in [7, 11) is 5.15. The summed E-state index contributed by atoms with van der Waals surface area (Å²) in [6, 6.07) is 3.03. The van der Waals surface area contributed by atoms with Crippen LogP contribution in [-0.4, -0.2) is 96.2 Å². The number of rotatable bonds is 7. The maximum atomic E-state index is 12.3. The molecule has 1 heterocycles. The Labute approximate surface area is 173 Å². The highest BCUT2D eigenvalue weighted by Crippen LogP contribution is 2.29. The molecule has 0 aliphatic carbocycles. The predicted octanol–water partition coefficient (Wildman–Crippen LogP) is -2.19. The van der Waals surface area contributed by atoms with Crippen LogP contribution in [0.5, 0.6) is 5.75 Å². The van der Waals surface area contributed by atoms with E-state index in [0.29, 0.717) is 0 Å². The molecule has 0 spiro atoms. The van der Waals surface area contributed by atoms with Crippen LogP contribution in [0.3, 0.4) is 0 Å². The Morgan fingerprint density at radius 1 is 1.30 bits per heavy atom. The number of aliphatic hydroxyl groups excluding tert-OH is 2. The highest BCUT2D eigenvalue weighted by atomic mass is 16.6. The number of carbonyl (C=O) groups is 2. The number of esters is 1. The van der Waals surface area contributed by atoms with Crippen molar-refractivity contribution in [2.45, 2.75) is 43.7 Å². The molecule has 0 bridgehead atoms. The van der Waals surface area contributed by atoms with Crippen molar-refractivity contribution < 1.29 is 48.7 Å². The van der Waals surface area contributed by atoms with Crippen LogP contribution >= 0.6 is 0 Å². The molecule has 11 heteroatoms.